The number of carbonyl (C=O) groups excluding carboxylic acids is 1. The van der Waals surface area contributed by atoms with Gasteiger partial charge in [0.05, 0.1) is 0 Å². The van der Waals surface area contributed by atoms with E-state index in [-0.39, 0.29) is 5.97 Å². The van der Waals surface area contributed by atoms with Gasteiger partial charge >= 0.3 is 5.97 Å². The number of carbonyl (C=O) groups is 1. The molecule has 2 nitrogen and oxygen atoms in total. The molecule has 0 saturated carbocycles. The second kappa shape index (κ2) is 13.4. The third kappa shape index (κ3) is 12.4. The predicted molar refractivity (Wildman–Crippen MR) is 75.5 cm³/mol. The molecule has 0 saturated heterocycles. The van der Waals surface area contributed by atoms with Gasteiger partial charge in [-0.2, -0.15) is 11.8 Å². The molecule has 96 valence electrons. The normalized spacial score (nSPS) is 10.4. The summed E-state index contributed by atoms with van der Waals surface area (Å²) in [6.07, 6.45) is 6.64. The van der Waals surface area contributed by atoms with Crippen LogP contribution in [0.25, 0.3) is 0 Å². The number of ether oxygens (including phenoxy) is 1. The van der Waals surface area contributed by atoms with Gasteiger partial charge in [0, 0.05) is 17.5 Å². The second-order valence-electron chi connectivity index (χ2n) is 3.69. The van der Waals surface area contributed by atoms with E-state index in [1.807, 2.05) is 11.8 Å². The van der Waals surface area contributed by atoms with Crippen molar-refractivity contribution in [2.75, 3.05) is 23.4 Å². The van der Waals surface area contributed by atoms with Gasteiger partial charge in [-0.05, 0) is 18.6 Å². The van der Waals surface area contributed by atoms with Crippen molar-refractivity contribution in [3.63, 3.8) is 0 Å². The number of esters is 1. The molecule has 0 amide bonds. The Balaban J connectivity index is 3.05. The van der Waals surface area contributed by atoms with Gasteiger partial charge in [-0.1, -0.05) is 42.1 Å². The Labute approximate surface area is 112 Å². The minimum Gasteiger partial charge on any atom is -0.465 e. The molecule has 0 rings (SSSR count). The zero-order valence-electron chi connectivity index (χ0n) is 10.2. The fraction of sp³-hybridized carbons (Fsp3) is 0.917. The van der Waals surface area contributed by atoms with Crippen LogP contribution in [0.2, 0.25) is 0 Å². The van der Waals surface area contributed by atoms with Crippen LogP contribution in [0.1, 0.15) is 45.4 Å². The van der Waals surface area contributed by atoms with Gasteiger partial charge in [0.2, 0.25) is 0 Å². The average Bonchev–Trinajstić information content (AvgIpc) is 2.30. The van der Waals surface area contributed by atoms with Crippen LogP contribution in [0.5, 0.6) is 0 Å². The average molecular weight is 311 g/mol. The van der Waals surface area contributed by atoms with E-state index in [9.17, 15) is 4.79 Å². The summed E-state index contributed by atoms with van der Waals surface area (Å²) in [6.45, 7) is 2.79. The Morgan fingerprint density at radius 2 is 2.00 bits per heavy atom. The van der Waals surface area contributed by atoms with Gasteiger partial charge in [-0.15, -0.1) is 0 Å². The Bertz CT molecular complexity index is 165. The number of hydrogen-bond acceptors (Lipinski definition) is 3. The molecular formula is C12H23BrO2S. The molecular weight excluding hydrogens is 288 g/mol. The van der Waals surface area contributed by atoms with Crippen LogP contribution >= 0.6 is 27.7 Å². The number of thioether (sulfide) groups is 1. The van der Waals surface area contributed by atoms with Gasteiger partial charge in [-0.3, -0.25) is 4.79 Å². The van der Waals surface area contributed by atoms with Crippen molar-refractivity contribution in [1.29, 1.82) is 0 Å². The fourth-order valence-electron chi connectivity index (χ4n) is 1.23. The Morgan fingerprint density at radius 1 is 1.19 bits per heavy atom. The van der Waals surface area contributed by atoms with Crippen molar-refractivity contribution in [2.24, 2.45) is 0 Å². The summed E-state index contributed by atoms with van der Waals surface area (Å²) in [5, 5.41) is 0.869. The molecule has 0 aliphatic rings. The molecule has 16 heavy (non-hydrogen) atoms. The smallest absolute Gasteiger partial charge is 0.305 e. The van der Waals surface area contributed by atoms with E-state index in [0.29, 0.717) is 13.0 Å². The molecule has 0 radical (unpaired) electrons. The third-order valence-electron chi connectivity index (χ3n) is 2.15. The van der Waals surface area contributed by atoms with E-state index >= 15 is 0 Å². The first-order chi connectivity index (χ1) is 7.81. The quantitative estimate of drug-likeness (QED) is 0.327. The number of hydrogen-bond donors (Lipinski definition) is 0. The first-order valence-corrected chi connectivity index (χ1v) is 8.38. The summed E-state index contributed by atoms with van der Waals surface area (Å²) < 4.78 is 5.09. The van der Waals surface area contributed by atoms with E-state index in [4.69, 9.17) is 4.74 Å². The molecule has 0 heterocycles. The molecule has 0 aliphatic heterocycles. The van der Waals surface area contributed by atoms with Crippen molar-refractivity contribution >= 4 is 33.7 Å². The molecule has 0 N–H and O–H groups in total. The Kier molecular flexibility index (Phi) is 13.6. The summed E-state index contributed by atoms with van der Waals surface area (Å²) in [4.78, 5) is 11.1. The molecule has 0 bridgehead atoms. The topological polar surface area (TPSA) is 26.3 Å². The van der Waals surface area contributed by atoms with Crippen molar-refractivity contribution in [3.8, 4) is 0 Å². The minimum atomic E-state index is -0.0639. The lowest BCUT2D eigenvalue weighted by Crippen LogP contribution is -2.07. The maximum atomic E-state index is 11.1. The first kappa shape index (κ1) is 16.3. The van der Waals surface area contributed by atoms with Gasteiger partial charge < -0.3 is 4.74 Å². The molecule has 0 spiro atoms. The summed E-state index contributed by atoms with van der Waals surface area (Å²) in [6, 6.07) is 0. The molecule has 0 aromatic carbocycles. The lowest BCUT2D eigenvalue weighted by Gasteiger charge is -2.04. The summed E-state index contributed by atoms with van der Waals surface area (Å²) in [5.41, 5.74) is 0. The molecule has 0 aromatic rings. The van der Waals surface area contributed by atoms with Crippen LogP contribution < -0.4 is 0 Å². The van der Waals surface area contributed by atoms with Crippen LogP contribution in [0.4, 0.5) is 0 Å². The zero-order valence-corrected chi connectivity index (χ0v) is 12.6. The van der Waals surface area contributed by atoms with Gasteiger partial charge in [0.1, 0.15) is 6.61 Å². The highest BCUT2D eigenvalue weighted by Gasteiger charge is 2.01. The van der Waals surface area contributed by atoms with E-state index in [1.165, 1.54) is 31.4 Å². The van der Waals surface area contributed by atoms with Crippen LogP contribution in [0.3, 0.4) is 0 Å². The Morgan fingerprint density at radius 3 is 2.69 bits per heavy atom. The SMILES string of the molecule is CCCCCCSCCOC(=O)CCCBr. The second-order valence-corrected chi connectivity index (χ2v) is 5.70. The summed E-state index contributed by atoms with van der Waals surface area (Å²) in [7, 11) is 0. The standard InChI is InChI=1S/C12H23BrO2S/c1-2-3-4-5-10-16-11-9-15-12(14)7-6-8-13/h2-11H2,1H3. The number of alkyl halides is 1. The highest BCUT2D eigenvalue weighted by molar-refractivity contribution is 9.09. The maximum absolute atomic E-state index is 11.1. The largest absolute Gasteiger partial charge is 0.465 e. The third-order valence-corrected chi connectivity index (χ3v) is 3.74. The summed E-state index contributed by atoms with van der Waals surface area (Å²) >= 11 is 5.17. The van der Waals surface area contributed by atoms with Crippen molar-refractivity contribution in [3.05, 3.63) is 0 Å². The molecule has 0 unspecified atom stereocenters. The Hall–Kier alpha value is 0.300. The van der Waals surface area contributed by atoms with Crippen LogP contribution in [0, 0.1) is 0 Å². The first-order valence-electron chi connectivity index (χ1n) is 6.10. The van der Waals surface area contributed by atoms with Gasteiger partial charge in [0.15, 0.2) is 0 Å². The number of unbranched alkanes of at least 4 members (excludes halogenated alkanes) is 3. The van der Waals surface area contributed by atoms with E-state index in [0.717, 1.165) is 17.5 Å². The maximum Gasteiger partial charge on any atom is 0.305 e. The zero-order chi connectivity index (χ0) is 12.1. The number of rotatable bonds is 11. The van der Waals surface area contributed by atoms with Gasteiger partial charge in [-0.25, -0.2) is 0 Å². The predicted octanol–water partition coefficient (Wildman–Crippen LogP) is 4.02. The lowest BCUT2D eigenvalue weighted by atomic mass is 10.2. The van der Waals surface area contributed by atoms with Crippen LogP contribution in [0.15, 0.2) is 0 Å². The van der Waals surface area contributed by atoms with Crippen molar-refractivity contribution in [2.45, 2.75) is 45.4 Å². The van der Waals surface area contributed by atoms with Crippen LogP contribution in [-0.4, -0.2) is 29.4 Å². The lowest BCUT2D eigenvalue weighted by molar-refractivity contribution is -0.142. The molecule has 0 fully saturated rings. The number of halogens is 1. The molecule has 0 aromatic heterocycles. The van der Waals surface area contributed by atoms with E-state index in [1.54, 1.807) is 0 Å². The van der Waals surface area contributed by atoms with E-state index < -0.39 is 0 Å². The van der Waals surface area contributed by atoms with Gasteiger partial charge in [0.25, 0.3) is 0 Å². The van der Waals surface area contributed by atoms with Crippen molar-refractivity contribution < 1.29 is 9.53 Å². The van der Waals surface area contributed by atoms with Crippen LogP contribution in [-0.2, 0) is 9.53 Å². The monoisotopic (exact) mass is 310 g/mol. The highest BCUT2D eigenvalue weighted by Crippen LogP contribution is 2.07. The minimum absolute atomic E-state index is 0.0639. The molecule has 0 atom stereocenters. The van der Waals surface area contributed by atoms with Crippen molar-refractivity contribution in [1.82, 2.24) is 0 Å². The van der Waals surface area contributed by atoms with E-state index in [2.05, 4.69) is 22.9 Å². The summed E-state index contributed by atoms with van der Waals surface area (Å²) in [5.74, 6) is 2.07. The molecule has 4 heteroatoms. The molecule has 0 aliphatic carbocycles. The fourth-order valence-corrected chi connectivity index (χ4v) is 2.32. The highest BCUT2D eigenvalue weighted by atomic mass is 79.9.